The van der Waals surface area contributed by atoms with Gasteiger partial charge in [0, 0.05) is 37.4 Å². The molecular weight excluding hydrogens is 320 g/mol. The first kappa shape index (κ1) is 18.5. The van der Waals surface area contributed by atoms with Crippen LogP contribution < -0.4 is 4.90 Å². The van der Waals surface area contributed by atoms with Crippen molar-refractivity contribution in [1.29, 1.82) is 0 Å². The molecule has 0 N–H and O–H groups in total. The van der Waals surface area contributed by atoms with E-state index >= 15 is 0 Å². The summed E-state index contributed by atoms with van der Waals surface area (Å²) in [7, 11) is 0. The van der Waals surface area contributed by atoms with Gasteiger partial charge >= 0.3 is 0 Å². The van der Waals surface area contributed by atoms with Gasteiger partial charge in [-0.25, -0.2) is 0 Å². The number of hydrogen-bond acceptors (Lipinski definition) is 2. The third kappa shape index (κ3) is 3.92. The molecular formula is C23H30N2O. The molecule has 1 fully saturated rings. The van der Waals surface area contributed by atoms with E-state index in [1.807, 2.05) is 17.0 Å². The zero-order valence-electron chi connectivity index (χ0n) is 16.4. The number of benzene rings is 2. The van der Waals surface area contributed by atoms with Gasteiger partial charge in [-0.15, -0.1) is 0 Å². The fraction of sp³-hybridized carbons (Fsp3) is 0.435. The molecule has 0 atom stereocenters. The first-order chi connectivity index (χ1) is 12.5. The van der Waals surface area contributed by atoms with Crippen LogP contribution in [-0.2, 0) is 0 Å². The highest BCUT2D eigenvalue weighted by Crippen LogP contribution is 2.26. The minimum atomic E-state index is 0.178. The second-order valence-corrected chi connectivity index (χ2v) is 7.77. The van der Waals surface area contributed by atoms with E-state index in [4.69, 9.17) is 0 Å². The Morgan fingerprint density at radius 1 is 0.846 bits per heavy atom. The van der Waals surface area contributed by atoms with Crippen molar-refractivity contribution in [1.82, 2.24) is 4.90 Å². The highest BCUT2D eigenvalue weighted by Gasteiger charge is 2.24. The molecule has 2 aromatic rings. The van der Waals surface area contributed by atoms with Crippen molar-refractivity contribution in [3.05, 3.63) is 65.2 Å². The molecule has 1 saturated heterocycles. The van der Waals surface area contributed by atoms with Crippen LogP contribution in [0.2, 0.25) is 0 Å². The van der Waals surface area contributed by atoms with Crippen molar-refractivity contribution in [3.8, 4) is 0 Å². The summed E-state index contributed by atoms with van der Waals surface area (Å²) < 4.78 is 0. The smallest absolute Gasteiger partial charge is 0.254 e. The van der Waals surface area contributed by atoms with Gasteiger partial charge in [0.1, 0.15) is 0 Å². The first-order valence-electron chi connectivity index (χ1n) is 9.70. The van der Waals surface area contributed by atoms with E-state index in [1.165, 1.54) is 16.8 Å². The van der Waals surface area contributed by atoms with Crippen LogP contribution in [-0.4, -0.2) is 37.0 Å². The lowest BCUT2D eigenvalue weighted by Gasteiger charge is -2.36. The van der Waals surface area contributed by atoms with E-state index in [1.54, 1.807) is 0 Å². The first-order valence-corrected chi connectivity index (χ1v) is 9.70. The maximum atomic E-state index is 13.2. The Bertz CT molecular complexity index is 744. The molecule has 138 valence electrons. The highest BCUT2D eigenvalue weighted by molar-refractivity contribution is 5.96. The lowest BCUT2D eigenvalue weighted by molar-refractivity contribution is 0.0745. The van der Waals surface area contributed by atoms with Crippen LogP contribution in [0.5, 0.6) is 0 Å². The number of para-hydroxylation sites is 1. The van der Waals surface area contributed by atoms with Gasteiger partial charge in [0.25, 0.3) is 5.91 Å². The van der Waals surface area contributed by atoms with Gasteiger partial charge in [-0.3, -0.25) is 4.79 Å². The average Bonchev–Trinajstić information content (AvgIpc) is 2.67. The predicted molar refractivity (Wildman–Crippen MR) is 109 cm³/mol. The summed E-state index contributed by atoms with van der Waals surface area (Å²) in [4.78, 5) is 17.5. The molecule has 0 aliphatic carbocycles. The van der Waals surface area contributed by atoms with E-state index < -0.39 is 0 Å². The van der Waals surface area contributed by atoms with Gasteiger partial charge in [0.2, 0.25) is 0 Å². The van der Waals surface area contributed by atoms with E-state index in [9.17, 15) is 4.79 Å². The van der Waals surface area contributed by atoms with Gasteiger partial charge < -0.3 is 9.80 Å². The number of anilines is 1. The van der Waals surface area contributed by atoms with Crippen LogP contribution in [0.15, 0.2) is 48.5 Å². The Balaban J connectivity index is 1.74. The molecule has 1 amide bonds. The number of carbonyl (C=O) groups is 1. The number of hydrogen-bond donors (Lipinski definition) is 0. The van der Waals surface area contributed by atoms with Crippen molar-refractivity contribution < 1.29 is 4.79 Å². The summed E-state index contributed by atoms with van der Waals surface area (Å²) in [6, 6.07) is 16.8. The lowest BCUT2D eigenvalue weighted by Crippen LogP contribution is -2.49. The molecule has 3 rings (SSSR count). The summed E-state index contributed by atoms with van der Waals surface area (Å²) in [6.07, 6.45) is 0. The fourth-order valence-electron chi connectivity index (χ4n) is 3.59. The zero-order chi connectivity index (χ0) is 18.7. The summed E-state index contributed by atoms with van der Waals surface area (Å²) >= 11 is 0. The second kappa shape index (κ2) is 7.94. The monoisotopic (exact) mass is 350 g/mol. The molecule has 3 nitrogen and oxygen atoms in total. The van der Waals surface area contributed by atoms with Crippen molar-refractivity contribution in [2.45, 2.75) is 39.5 Å². The standard InChI is InChI=1S/C23H30N2O/c1-17(2)19-10-11-21(22(16-19)18(3)4)23(26)25-14-12-24(13-15-25)20-8-6-5-7-9-20/h5-11,16-18H,12-15H2,1-4H3. The molecule has 0 radical (unpaired) electrons. The third-order valence-electron chi connectivity index (χ3n) is 5.28. The minimum absolute atomic E-state index is 0.178. The Morgan fingerprint density at radius 3 is 2.08 bits per heavy atom. The third-order valence-corrected chi connectivity index (χ3v) is 5.28. The quantitative estimate of drug-likeness (QED) is 0.783. The molecule has 0 unspecified atom stereocenters. The topological polar surface area (TPSA) is 23.6 Å². The molecule has 1 aliphatic heterocycles. The molecule has 0 saturated carbocycles. The van der Waals surface area contributed by atoms with Crippen LogP contribution in [0.3, 0.4) is 0 Å². The number of amides is 1. The second-order valence-electron chi connectivity index (χ2n) is 7.77. The Morgan fingerprint density at radius 2 is 1.50 bits per heavy atom. The Hall–Kier alpha value is -2.29. The number of rotatable bonds is 4. The van der Waals surface area contributed by atoms with Crippen LogP contribution in [0, 0.1) is 0 Å². The molecule has 1 aliphatic rings. The minimum Gasteiger partial charge on any atom is -0.368 e. The summed E-state index contributed by atoms with van der Waals surface area (Å²) in [6.45, 7) is 12.1. The average molecular weight is 351 g/mol. The van der Waals surface area contributed by atoms with Crippen LogP contribution >= 0.6 is 0 Å². The summed E-state index contributed by atoms with van der Waals surface area (Å²) in [5, 5.41) is 0. The molecule has 0 spiro atoms. The van der Waals surface area contributed by atoms with Gasteiger partial charge in [0.05, 0.1) is 0 Å². The highest BCUT2D eigenvalue weighted by atomic mass is 16.2. The van der Waals surface area contributed by atoms with Gasteiger partial charge in [0.15, 0.2) is 0 Å². The van der Waals surface area contributed by atoms with Crippen molar-refractivity contribution in [2.24, 2.45) is 0 Å². The maximum Gasteiger partial charge on any atom is 0.254 e. The van der Waals surface area contributed by atoms with Crippen molar-refractivity contribution in [3.63, 3.8) is 0 Å². The normalized spacial score (nSPS) is 15.0. The predicted octanol–water partition coefficient (Wildman–Crippen LogP) is 4.90. The van der Waals surface area contributed by atoms with E-state index in [0.29, 0.717) is 11.8 Å². The molecule has 0 bridgehead atoms. The van der Waals surface area contributed by atoms with Crippen LogP contribution in [0.1, 0.15) is 61.0 Å². The zero-order valence-corrected chi connectivity index (χ0v) is 16.4. The molecule has 1 heterocycles. The Labute approximate surface area is 157 Å². The Kier molecular flexibility index (Phi) is 5.65. The van der Waals surface area contributed by atoms with Crippen LogP contribution in [0.4, 0.5) is 5.69 Å². The van der Waals surface area contributed by atoms with E-state index in [-0.39, 0.29) is 5.91 Å². The van der Waals surface area contributed by atoms with Gasteiger partial charge in [-0.1, -0.05) is 58.0 Å². The number of nitrogens with zero attached hydrogens (tertiary/aromatic N) is 2. The molecule has 2 aromatic carbocycles. The maximum absolute atomic E-state index is 13.2. The van der Waals surface area contributed by atoms with E-state index in [0.717, 1.165) is 31.7 Å². The molecule has 0 aromatic heterocycles. The van der Waals surface area contributed by atoms with Crippen LogP contribution in [0.25, 0.3) is 0 Å². The number of carbonyl (C=O) groups excluding carboxylic acids is 1. The van der Waals surface area contributed by atoms with Gasteiger partial charge in [-0.2, -0.15) is 0 Å². The van der Waals surface area contributed by atoms with Gasteiger partial charge in [-0.05, 0) is 41.2 Å². The lowest BCUT2D eigenvalue weighted by atomic mass is 9.91. The van der Waals surface area contributed by atoms with E-state index in [2.05, 4.69) is 69.0 Å². The number of piperazine rings is 1. The molecule has 26 heavy (non-hydrogen) atoms. The van der Waals surface area contributed by atoms with Crippen molar-refractivity contribution in [2.75, 3.05) is 31.1 Å². The molecule has 3 heteroatoms. The SMILES string of the molecule is CC(C)c1ccc(C(=O)N2CCN(c3ccccc3)CC2)c(C(C)C)c1. The largest absolute Gasteiger partial charge is 0.368 e. The summed E-state index contributed by atoms with van der Waals surface area (Å²) in [5.41, 5.74) is 4.59. The fourth-order valence-corrected chi connectivity index (χ4v) is 3.59. The van der Waals surface area contributed by atoms with Crippen molar-refractivity contribution >= 4 is 11.6 Å². The summed E-state index contributed by atoms with van der Waals surface area (Å²) in [5.74, 6) is 1.00.